The number of benzene rings is 1. The highest BCUT2D eigenvalue weighted by Crippen LogP contribution is 2.35. The number of aromatic nitrogens is 1. The fourth-order valence-corrected chi connectivity index (χ4v) is 2.56. The summed E-state index contributed by atoms with van der Waals surface area (Å²) in [7, 11) is 1.79. The zero-order chi connectivity index (χ0) is 13.6. The molecule has 0 aliphatic heterocycles. The van der Waals surface area contributed by atoms with Gasteiger partial charge in [-0.15, -0.1) is 0 Å². The molecule has 1 aromatic heterocycles. The molecule has 3 rings (SSSR count). The third-order valence-corrected chi connectivity index (χ3v) is 3.98. The predicted molar refractivity (Wildman–Crippen MR) is 79.4 cm³/mol. The fourth-order valence-electron chi connectivity index (χ4n) is 2.56. The Morgan fingerprint density at radius 1 is 1.37 bits per heavy atom. The largest absolute Gasteiger partial charge is 0.399 e. The third-order valence-electron chi connectivity index (χ3n) is 3.98. The summed E-state index contributed by atoms with van der Waals surface area (Å²) in [5.41, 5.74) is 8.39. The van der Waals surface area contributed by atoms with Gasteiger partial charge in [0.2, 0.25) is 0 Å². The number of nitrogens with two attached hydrogens (primary N) is 1. The van der Waals surface area contributed by atoms with Crippen LogP contribution in [0.3, 0.4) is 0 Å². The van der Waals surface area contributed by atoms with E-state index < -0.39 is 0 Å². The van der Waals surface area contributed by atoms with Gasteiger partial charge in [0.05, 0.1) is 5.52 Å². The molecule has 1 aromatic carbocycles. The van der Waals surface area contributed by atoms with E-state index in [1.54, 1.807) is 17.7 Å². The van der Waals surface area contributed by atoms with Gasteiger partial charge in [0.1, 0.15) is 0 Å². The first-order valence-electron chi connectivity index (χ1n) is 6.72. The van der Waals surface area contributed by atoms with Crippen molar-refractivity contribution in [1.82, 2.24) is 4.57 Å². The molecule has 1 heterocycles. The lowest BCUT2D eigenvalue weighted by Crippen LogP contribution is -2.22. The van der Waals surface area contributed by atoms with Crippen LogP contribution in [0.1, 0.15) is 19.8 Å². The topological polar surface area (TPSA) is 60.0 Å². The van der Waals surface area contributed by atoms with Gasteiger partial charge >= 0.3 is 0 Å². The summed E-state index contributed by atoms with van der Waals surface area (Å²) >= 11 is 0. The van der Waals surface area contributed by atoms with Crippen molar-refractivity contribution < 1.29 is 0 Å². The van der Waals surface area contributed by atoms with Gasteiger partial charge in [-0.1, -0.05) is 0 Å². The molecule has 1 aliphatic carbocycles. The van der Waals surface area contributed by atoms with E-state index in [0.717, 1.165) is 22.5 Å². The van der Waals surface area contributed by atoms with Gasteiger partial charge in [0, 0.05) is 35.9 Å². The monoisotopic (exact) mass is 257 g/mol. The molecule has 1 fully saturated rings. The molecule has 4 heteroatoms. The highest BCUT2D eigenvalue weighted by molar-refractivity contribution is 5.93. The van der Waals surface area contributed by atoms with Crippen molar-refractivity contribution in [3.8, 4) is 0 Å². The van der Waals surface area contributed by atoms with Crippen LogP contribution in [-0.4, -0.2) is 10.6 Å². The van der Waals surface area contributed by atoms with Crippen LogP contribution in [0, 0.1) is 5.92 Å². The van der Waals surface area contributed by atoms with Gasteiger partial charge in [-0.05, 0) is 43.9 Å². The zero-order valence-electron chi connectivity index (χ0n) is 11.3. The maximum atomic E-state index is 12.0. The van der Waals surface area contributed by atoms with Crippen LogP contribution < -0.4 is 16.6 Å². The molecule has 1 saturated carbocycles. The Balaban J connectivity index is 2.13. The fraction of sp³-hybridized carbons (Fsp3) is 0.400. The molecular formula is C15H19N3O. The summed E-state index contributed by atoms with van der Waals surface area (Å²) < 4.78 is 1.65. The van der Waals surface area contributed by atoms with Crippen LogP contribution in [-0.2, 0) is 7.05 Å². The van der Waals surface area contributed by atoms with Crippen LogP contribution in [0.25, 0.3) is 10.9 Å². The molecule has 0 bridgehead atoms. The Kier molecular flexibility index (Phi) is 2.73. The minimum Gasteiger partial charge on any atom is -0.399 e. The number of hydrogen-bond acceptors (Lipinski definition) is 3. The SMILES string of the molecule is C[C@@H](Nc1cc(=O)n(C)c2ccc(N)cc12)C1CC1. The zero-order valence-corrected chi connectivity index (χ0v) is 11.3. The molecule has 0 radical (unpaired) electrons. The third kappa shape index (κ3) is 2.18. The molecule has 0 amide bonds. The molecule has 1 atom stereocenters. The Labute approximate surface area is 112 Å². The van der Waals surface area contributed by atoms with Crippen molar-refractivity contribution in [2.45, 2.75) is 25.8 Å². The number of pyridine rings is 1. The number of hydrogen-bond donors (Lipinski definition) is 2. The number of fused-ring (bicyclic) bond motifs is 1. The quantitative estimate of drug-likeness (QED) is 0.830. The lowest BCUT2D eigenvalue weighted by atomic mass is 10.1. The maximum absolute atomic E-state index is 12.0. The van der Waals surface area contributed by atoms with Crippen molar-refractivity contribution in [2.24, 2.45) is 13.0 Å². The van der Waals surface area contributed by atoms with Gasteiger partial charge in [-0.3, -0.25) is 4.79 Å². The minimum absolute atomic E-state index is 0.00256. The van der Waals surface area contributed by atoms with E-state index in [9.17, 15) is 4.79 Å². The van der Waals surface area contributed by atoms with Crippen LogP contribution in [0.4, 0.5) is 11.4 Å². The summed E-state index contributed by atoms with van der Waals surface area (Å²) in [6.45, 7) is 2.17. The van der Waals surface area contributed by atoms with E-state index in [2.05, 4.69) is 12.2 Å². The van der Waals surface area contributed by atoms with E-state index in [-0.39, 0.29) is 5.56 Å². The van der Waals surface area contributed by atoms with Crippen molar-refractivity contribution in [3.63, 3.8) is 0 Å². The summed E-state index contributed by atoms with van der Waals surface area (Å²) in [4.78, 5) is 12.0. The second-order valence-corrected chi connectivity index (χ2v) is 5.50. The summed E-state index contributed by atoms with van der Waals surface area (Å²) in [5, 5.41) is 4.48. The molecular weight excluding hydrogens is 238 g/mol. The molecule has 0 spiro atoms. The van der Waals surface area contributed by atoms with Crippen LogP contribution in [0.5, 0.6) is 0 Å². The van der Waals surface area contributed by atoms with Gasteiger partial charge in [-0.25, -0.2) is 0 Å². The van der Waals surface area contributed by atoms with Gasteiger partial charge in [0.15, 0.2) is 0 Å². The van der Waals surface area contributed by atoms with Crippen LogP contribution in [0.15, 0.2) is 29.1 Å². The summed E-state index contributed by atoms with van der Waals surface area (Å²) in [5.74, 6) is 0.736. The number of anilines is 2. The van der Waals surface area contributed by atoms with Gasteiger partial charge < -0.3 is 15.6 Å². The molecule has 4 nitrogen and oxygen atoms in total. The predicted octanol–water partition coefficient (Wildman–Crippen LogP) is 2.33. The number of rotatable bonds is 3. The maximum Gasteiger partial charge on any atom is 0.252 e. The minimum atomic E-state index is 0.00256. The molecule has 1 aliphatic rings. The Morgan fingerprint density at radius 2 is 2.11 bits per heavy atom. The number of nitrogens with zero attached hydrogens (tertiary/aromatic N) is 1. The highest BCUT2D eigenvalue weighted by atomic mass is 16.1. The Hall–Kier alpha value is -1.97. The molecule has 19 heavy (non-hydrogen) atoms. The van der Waals surface area contributed by atoms with Crippen LogP contribution in [0.2, 0.25) is 0 Å². The molecule has 0 unspecified atom stereocenters. The first kappa shape index (κ1) is 12.1. The van der Waals surface area contributed by atoms with E-state index in [1.165, 1.54) is 12.8 Å². The van der Waals surface area contributed by atoms with Crippen molar-refractivity contribution >= 4 is 22.3 Å². The van der Waals surface area contributed by atoms with Crippen molar-refractivity contribution in [3.05, 3.63) is 34.6 Å². The molecule has 100 valence electrons. The van der Waals surface area contributed by atoms with Crippen molar-refractivity contribution in [1.29, 1.82) is 0 Å². The first-order valence-corrected chi connectivity index (χ1v) is 6.72. The molecule has 2 aromatic rings. The van der Waals surface area contributed by atoms with E-state index in [1.807, 2.05) is 18.2 Å². The standard InChI is InChI=1S/C15H19N3O/c1-9(10-3-4-10)17-13-8-15(19)18(2)14-6-5-11(16)7-12(13)14/h5-10,17H,3-4,16H2,1-2H3/t9-/m1/s1. The smallest absolute Gasteiger partial charge is 0.252 e. The molecule has 3 N–H and O–H groups in total. The number of aryl methyl sites for hydroxylation is 1. The van der Waals surface area contributed by atoms with Gasteiger partial charge in [-0.2, -0.15) is 0 Å². The Bertz CT molecular complexity index is 686. The Morgan fingerprint density at radius 3 is 2.79 bits per heavy atom. The summed E-state index contributed by atoms with van der Waals surface area (Å²) in [6.07, 6.45) is 2.55. The second-order valence-electron chi connectivity index (χ2n) is 5.50. The molecule has 0 saturated heterocycles. The lowest BCUT2D eigenvalue weighted by molar-refractivity contribution is 0.694. The average Bonchev–Trinajstić information content (AvgIpc) is 3.19. The van der Waals surface area contributed by atoms with Crippen LogP contribution >= 0.6 is 0 Å². The first-order chi connectivity index (χ1) is 9.06. The van der Waals surface area contributed by atoms with E-state index in [4.69, 9.17) is 5.73 Å². The lowest BCUT2D eigenvalue weighted by Gasteiger charge is -2.17. The number of nitrogen functional groups attached to an aromatic ring is 1. The number of nitrogens with one attached hydrogen (secondary N) is 1. The van der Waals surface area contributed by atoms with E-state index in [0.29, 0.717) is 11.7 Å². The normalized spacial score (nSPS) is 16.5. The van der Waals surface area contributed by atoms with E-state index >= 15 is 0 Å². The summed E-state index contributed by atoms with van der Waals surface area (Å²) in [6, 6.07) is 7.73. The highest BCUT2D eigenvalue weighted by Gasteiger charge is 2.28. The van der Waals surface area contributed by atoms with Gasteiger partial charge in [0.25, 0.3) is 5.56 Å². The van der Waals surface area contributed by atoms with Crippen molar-refractivity contribution in [2.75, 3.05) is 11.1 Å². The average molecular weight is 257 g/mol. The second kappa shape index (κ2) is 4.30.